The molecule has 23 heavy (non-hydrogen) atoms. The van der Waals surface area contributed by atoms with Gasteiger partial charge in [-0.2, -0.15) is 0 Å². The maximum Gasteiger partial charge on any atom is 0.231 e. The van der Waals surface area contributed by atoms with E-state index in [9.17, 15) is 4.79 Å². The highest BCUT2D eigenvalue weighted by Gasteiger charge is 2.34. The Kier molecular flexibility index (Phi) is 4.11. The molecular weight excluding hydrogens is 290 g/mol. The van der Waals surface area contributed by atoms with Gasteiger partial charge in [0.2, 0.25) is 5.91 Å². The summed E-state index contributed by atoms with van der Waals surface area (Å²) in [5.74, 6) is 0.600. The lowest BCUT2D eigenvalue weighted by molar-refractivity contribution is -0.124. The fourth-order valence-electron chi connectivity index (χ4n) is 2.79. The SMILES string of the molecule is CC(C)(C)[C@@H](Cn1ccnc1)NC(=O)[C@@H]1COc2ccccc21. The average Bonchev–Trinajstić information content (AvgIpc) is 3.14. The highest BCUT2D eigenvalue weighted by Crippen LogP contribution is 2.34. The molecular formula is C18H23N3O2. The Balaban J connectivity index is 1.74. The van der Waals surface area contributed by atoms with Gasteiger partial charge in [-0.05, 0) is 11.5 Å². The molecule has 3 rings (SSSR count). The number of benzene rings is 1. The molecule has 1 amide bonds. The Morgan fingerprint density at radius 3 is 2.91 bits per heavy atom. The molecule has 0 unspecified atom stereocenters. The predicted octanol–water partition coefficient (Wildman–Crippen LogP) is 2.59. The second kappa shape index (κ2) is 6.07. The number of hydrogen-bond acceptors (Lipinski definition) is 3. The van der Waals surface area contributed by atoms with Crippen LogP contribution < -0.4 is 10.1 Å². The van der Waals surface area contributed by atoms with Crippen LogP contribution in [0.5, 0.6) is 5.75 Å². The molecule has 1 N–H and O–H groups in total. The number of rotatable bonds is 4. The standard InChI is InChI=1S/C18H23N3O2/c1-18(2,3)16(10-21-9-8-19-12-21)20-17(22)14-11-23-15-7-5-4-6-13(14)15/h4-9,12,14,16H,10-11H2,1-3H3,(H,20,22)/t14-,16-/m1/s1. The van der Waals surface area contributed by atoms with Crippen molar-refractivity contribution in [2.45, 2.75) is 39.3 Å². The molecule has 0 radical (unpaired) electrons. The number of carbonyl (C=O) groups is 1. The lowest BCUT2D eigenvalue weighted by Crippen LogP contribution is -2.48. The Morgan fingerprint density at radius 2 is 2.22 bits per heavy atom. The van der Waals surface area contributed by atoms with Crippen molar-refractivity contribution in [2.75, 3.05) is 6.61 Å². The largest absolute Gasteiger partial charge is 0.492 e. The van der Waals surface area contributed by atoms with E-state index in [1.807, 2.05) is 35.0 Å². The lowest BCUT2D eigenvalue weighted by Gasteiger charge is -2.32. The molecule has 0 saturated carbocycles. The fraction of sp³-hybridized carbons (Fsp3) is 0.444. The minimum Gasteiger partial charge on any atom is -0.492 e. The van der Waals surface area contributed by atoms with Crippen molar-refractivity contribution in [3.63, 3.8) is 0 Å². The van der Waals surface area contributed by atoms with E-state index in [0.29, 0.717) is 13.2 Å². The molecule has 122 valence electrons. The van der Waals surface area contributed by atoms with Crippen molar-refractivity contribution < 1.29 is 9.53 Å². The van der Waals surface area contributed by atoms with Crippen molar-refractivity contribution in [2.24, 2.45) is 5.41 Å². The number of carbonyl (C=O) groups excluding carboxylic acids is 1. The number of fused-ring (bicyclic) bond motifs is 1. The topological polar surface area (TPSA) is 56.2 Å². The van der Waals surface area contributed by atoms with Gasteiger partial charge in [0.1, 0.15) is 18.3 Å². The van der Waals surface area contributed by atoms with E-state index in [0.717, 1.165) is 11.3 Å². The van der Waals surface area contributed by atoms with Gasteiger partial charge in [0.05, 0.1) is 12.4 Å². The van der Waals surface area contributed by atoms with Crippen LogP contribution in [0, 0.1) is 5.41 Å². The highest BCUT2D eigenvalue weighted by molar-refractivity contribution is 5.85. The van der Waals surface area contributed by atoms with Gasteiger partial charge in [-0.3, -0.25) is 4.79 Å². The summed E-state index contributed by atoms with van der Waals surface area (Å²) < 4.78 is 7.62. The number of para-hydroxylation sites is 1. The number of nitrogens with one attached hydrogen (secondary N) is 1. The molecule has 5 heteroatoms. The van der Waals surface area contributed by atoms with E-state index in [4.69, 9.17) is 4.74 Å². The van der Waals surface area contributed by atoms with E-state index in [2.05, 4.69) is 31.1 Å². The van der Waals surface area contributed by atoms with E-state index in [-0.39, 0.29) is 23.3 Å². The zero-order valence-corrected chi connectivity index (χ0v) is 13.8. The zero-order valence-electron chi connectivity index (χ0n) is 13.8. The third kappa shape index (κ3) is 3.38. The Morgan fingerprint density at radius 1 is 1.43 bits per heavy atom. The van der Waals surface area contributed by atoms with Crippen LogP contribution in [0.3, 0.4) is 0 Å². The summed E-state index contributed by atoms with van der Waals surface area (Å²) >= 11 is 0. The van der Waals surface area contributed by atoms with Crippen LogP contribution in [-0.4, -0.2) is 28.1 Å². The number of aromatic nitrogens is 2. The molecule has 0 bridgehead atoms. The summed E-state index contributed by atoms with van der Waals surface area (Å²) in [6.07, 6.45) is 5.44. The molecule has 5 nitrogen and oxygen atoms in total. The van der Waals surface area contributed by atoms with Gasteiger partial charge >= 0.3 is 0 Å². The summed E-state index contributed by atoms with van der Waals surface area (Å²) in [5.41, 5.74) is 0.916. The highest BCUT2D eigenvalue weighted by atomic mass is 16.5. The first-order valence-electron chi connectivity index (χ1n) is 7.93. The maximum atomic E-state index is 12.8. The third-order valence-electron chi connectivity index (χ3n) is 4.33. The molecule has 0 spiro atoms. The minimum absolute atomic E-state index is 0.0111. The molecule has 2 aromatic rings. The van der Waals surface area contributed by atoms with E-state index < -0.39 is 0 Å². The van der Waals surface area contributed by atoms with Gasteiger partial charge in [-0.25, -0.2) is 4.98 Å². The first-order chi connectivity index (χ1) is 10.9. The Hall–Kier alpha value is -2.30. The van der Waals surface area contributed by atoms with Crippen LogP contribution in [0.1, 0.15) is 32.3 Å². The van der Waals surface area contributed by atoms with Gasteiger partial charge in [-0.15, -0.1) is 0 Å². The number of nitrogens with zero attached hydrogens (tertiary/aromatic N) is 2. The van der Waals surface area contributed by atoms with Crippen molar-refractivity contribution in [3.8, 4) is 5.75 Å². The van der Waals surface area contributed by atoms with Crippen LogP contribution in [0.2, 0.25) is 0 Å². The summed E-state index contributed by atoms with van der Waals surface area (Å²) in [6, 6.07) is 7.76. The fourth-order valence-corrected chi connectivity index (χ4v) is 2.79. The van der Waals surface area contributed by atoms with Crippen LogP contribution in [0.4, 0.5) is 0 Å². The number of ether oxygens (including phenoxy) is 1. The monoisotopic (exact) mass is 313 g/mol. The predicted molar refractivity (Wildman–Crippen MR) is 88.3 cm³/mol. The lowest BCUT2D eigenvalue weighted by atomic mass is 9.86. The molecule has 0 saturated heterocycles. The number of hydrogen-bond donors (Lipinski definition) is 1. The van der Waals surface area contributed by atoms with Gasteiger partial charge < -0.3 is 14.6 Å². The van der Waals surface area contributed by atoms with Crippen LogP contribution in [0.25, 0.3) is 0 Å². The minimum atomic E-state index is -0.237. The molecule has 1 aliphatic heterocycles. The third-order valence-corrected chi connectivity index (χ3v) is 4.33. The van der Waals surface area contributed by atoms with E-state index in [1.165, 1.54) is 0 Å². The molecule has 1 aromatic heterocycles. The first-order valence-corrected chi connectivity index (χ1v) is 7.93. The number of amides is 1. The molecule has 2 atom stereocenters. The van der Waals surface area contributed by atoms with Crippen LogP contribution in [0.15, 0.2) is 43.0 Å². The summed E-state index contributed by atoms with van der Waals surface area (Å²) in [6.45, 7) is 7.51. The maximum absolute atomic E-state index is 12.8. The van der Waals surface area contributed by atoms with E-state index >= 15 is 0 Å². The second-order valence-electron chi connectivity index (χ2n) is 7.09. The quantitative estimate of drug-likeness (QED) is 0.944. The van der Waals surface area contributed by atoms with Crippen molar-refractivity contribution in [1.82, 2.24) is 14.9 Å². The zero-order chi connectivity index (χ0) is 16.4. The van der Waals surface area contributed by atoms with Crippen molar-refractivity contribution >= 4 is 5.91 Å². The first kappa shape index (κ1) is 15.6. The van der Waals surface area contributed by atoms with Gasteiger partial charge in [0, 0.05) is 24.5 Å². The molecule has 1 aliphatic rings. The second-order valence-corrected chi connectivity index (χ2v) is 7.09. The van der Waals surface area contributed by atoms with Crippen LogP contribution >= 0.6 is 0 Å². The van der Waals surface area contributed by atoms with Crippen LogP contribution in [-0.2, 0) is 11.3 Å². The molecule has 0 fully saturated rings. The molecule has 1 aromatic carbocycles. The summed E-state index contributed by atoms with van der Waals surface area (Å²) in [7, 11) is 0. The van der Waals surface area contributed by atoms with Gasteiger partial charge in [0.25, 0.3) is 0 Å². The van der Waals surface area contributed by atoms with E-state index in [1.54, 1.807) is 12.5 Å². The summed E-state index contributed by atoms with van der Waals surface area (Å²) in [5, 5.41) is 3.21. The average molecular weight is 313 g/mol. The Bertz CT molecular complexity index is 674. The van der Waals surface area contributed by atoms with Crippen molar-refractivity contribution in [3.05, 3.63) is 48.5 Å². The van der Waals surface area contributed by atoms with Gasteiger partial charge in [0.15, 0.2) is 0 Å². The Labute approximate surface area is 136 Å². The summed E-state index contributed by atoms with van der Waals surface area (Å²) in [4.78, 5) is 16.9. The van der Waals surface area contributed by atoms with Crippen molar-refractivity contribution in [1.29, 1.82) is 0 Å². The van der Waals surface area contributed by atoms with Gasteiger partial charge in [-0.1, -0.05) is 39.0 Å². The smallest absolute Gasteiger partial charge is 0.231 e. The molecule has 0 aliphatic carbocycles. The molecule has 2 heterocycles. The number of imidazole rings is 1. The normalized spacial score (nSPS) is 18.1.